The van der Waals surface area contributed by atoms with Crippen LogP contribution in [0.4, 0.5) is 0 Å². The lowest BCUT2D eigenvalue weighted by atomic mass is 9.77. The molecule has 1 aliphatic carbocycles. The molecule has 1 aromatic carbocycles. The Hall–Kier alpha value is -1.61. The second-order valence-electron chi connectivity index (χ2n) is 5.47. The summed E-state index contributed by atoms with van der Waals surface area (Å²) in [4.78, 5) is 4.27. The summed E-state index contributed by atoms with van der Waals surface area (Å²) in [6.07, 6.45) is 7.66. The summed E-state index contributed by atoms with van der Waals surface area (Å²) in [5.41, 5.74) is 7.64. The van der Waals surface area contributed by atoms with E-state index in [4.69, 9.17) is 10.5 Å². The van der Waals surface area contributed by atoms with Crippen molar-refractivity contribution in [3.8, 4) is 5.88 Å². The lowest BCUT2D eigenvalue weighted by Crippen LogP contribution is -2.38. The predicted molar refractivity (Wildman–Crippen MR) is 77.2 cm³/mol. The molecule has 1 saturated carbocycles. The molecule has 0 aliphatic heterocycles. The Morgan fingerprint density at radius 3 is 2.68 bits per heavy atom. The standard InChI is InChI=1S/C16H20N2O/c1-19-15-14-11-13(6-5-12(14)7-10-18-15)16(17)8-3-2-4-9-16/h5-7,10-11H,2-4,8-9,17H2,1H3. The Bertz CT molecular complexity index is 588. The molecule has 0 atom stereocenters. The summed E-state index contributed by atoms with van der Waals surface area (Å²) in [6, 6.07) is 8.45. The SMILES string of the molecule is COc1nccc2ccc(C3(N)CCCCC3)cc12. The summed E-state index contributed by atoms with van der Waals surface area (Å²) in [7, 11) is 1.66. The number of nitrogens with zero attached hydrogens (tertiary/aromatic N) is 1. The molecule has 1 fully saturated rings. The van der Waals surface area contributed by atoms with Gasteiger partial charge in [-0.1, -0.05) is 31.4 Å². The van der Waals surface area contributed by atoms with Gasteiger partial charge in [-0.25, -0.2) is 4.98 Å². The summed E-state index contributed by atoms with van der Waals surface area (Å²) in [5, 5.41) is 2.20. The van der Waals surface area contributed by atoms with E-state index in [1.807, 2.05) is 6.07 Å². The second kappa shape index (κ2) is 4.82. The zero-order valence-corrected chi connectivity index (χ0v) is 11.4. The first-order valence-corrected chi connectivity index (χ1v) is 6.95. The van der Waals surface area contributed by atoms with Crippen molar-refractivity contribution in [1.82, 2.24) is 4.98 Å². The van der Waals surface area contributed by atoms with Crippen LogP contribution in [0.15, 0.2) is 30.5 Å². The highest BCUT2D eigenvalue weighted by Gasteiger charge is 2.29. The van der Waals surface area contributed by atoms with Crippen molar-refractivity contribution in [1.29, 1.82) is 0 Å². The van der Waals surface area contributed by atoms with E-state index in [9.17, 15) is 0 Å². The van der Waals surface area contributed by atoms with Crippen LogP contribution in [0.1, 0.15) is 37.7 Å². The van der Waals surface area contributed by atoms with Gasteiger partial charge in [-0.3, -0.25) is 0 Å². The maximum atomic E-state index is 6.60. The fraction of sp³-hybridized carbons (Fsp3) is 0.438. The van der Waals surface area contributed by atoms with Gasteiger partial charge >= 0.3 is 0 Å². The van der Waals surface area contributed by atoms with Crippen LogP contribution in [0.2, 0.25) is 0 Å². The molecular weight excluding hydrogens is 236 g/mol. The molecule has 2 N–H and O–H groups in total. The molecular formula is C16H20N2O. The number of methoxy groups -OCH3 is 1. The minimum Gasteiger partial charge on any atom is -0.481 e. The Labute approximate surface area is 113 Å². The quantitative estimate of drug-likeness (QED) is 0.896. The van der Waals surface area contributed by atoms with Crippen LogP contribution in [0.5, 0.6) is 5.88 Å². The zero-order valence-electron chi connectivity index (χ0n) is 11.4. The average molecular weight is 256 g/mol. The maximum absolute atomic E-state index is 6.60. The van der Waals surface area contributed by atoms with E-state index in [1.54, 1.807) is 13.3 Å². The molecule has 3 nitrogen and oxygen atoms in total. The second-order valence-corrected chi connectivity index (χ2v) is 5.47. The van der Waals surface area contributed by atoms with Crippen LogP contribution >= 0.6 is 0 Å². The zero-order chi connectivity index (χ0) is 13.3. The van der Waals surface area contributed by atoms with E-state index in [1.165, 1.54) is 24.8 Å². The van der Waals surface area contributed by atoms with Gasteiger partial charge in [0.1, 0.15) is 0 Å². The minimum absolute atomic E-state index is 0.173. The molecule has 0 spiro atoms. The summed E-state index contributed by atoms with van der Waals surface area (Å²) in [5.74, 6) is 0.679. The molecule has 0 radical (unpaired) electrons. The summed E-state index contributed by atoms with van der Waals surface area (Å²) >= 11 is 0. The minimum atomic E-state index is -0.173. The molecule has 0 bridgehead atoms. The van der Waals surface area contributed by atoms with E-state index in [0.717, 1.165) is 23.6 Å². The lowest BCUT2D eigenvalue weighted by molar-refractivity contribution is 0.302. The highest BCUT2D eigenvalue weighted by atomic mass is 16.5. The first-order chi connectivity index (χ1) is 9.23. The fourth-order valence-electron chi connectivity index (χ4n) is 3.09. The highest BCUT2D eigenvalue weighted by Crippen LogP contribution is 2.36. The van der Waals surface area contributed by atoms with E-state index in [2.05, 4.69) is 23.2 Å². The Balaban J connectivity index is 2.10. The number of rotatable bonds is 2. The van der Waals surface area contributed by atoms with Gasteiger partial charge in [0.2, 0.25) is 5.88 Å². The molecule has 19 heavy (non-hydrogen) atoms. The van der Waals surface area contributed by atoms with Crippen molar-refractivity contribution in [3.63, 3.8) is 0 Å². The predicted octanol–water partition coefficient (Wildman–Crippen LogP) is 3.36. The molecule has 2 aromatic rings. The highest BCUT2D eigenvalue weighted by molar-refractivity contribution is 5.87. The van der Waals surface area contributed by atoms with Gasteiger partial charge in [0.05, 0.1) is 7.11 Å². The number of hydrogen-bond donors (Lipinski definition) is 1. The van der Waals surface area contributed by atoms with Gasteiger partial charge in [-0.05, 0) is 35.9 Å². The van der Waals surface area contributed by atoms with Gasteiger partial charge in [-0.2, -0.15) is 0 Å². The number of hydrogen-bond acceptors (Lipinski definition) is 3. The molecule has 0 unspecified atom stereocenters. The molecule has 3 rings (SSSR count). The number of ether oxygens (including phenoxy) is 1. The largest absolute Gasteiger partial charge is 0.481 e. The van der Waals surface area contributed by atoms with E-state index < -0.39 is 0 Å². The van der Waals surface area contributed by atoms with Crippen LogP contribution < -0.4 is 10.5 Å². The topological polar surface area (TPSA) is 48.1 Å². The van der Waals surface area contributed by atoms with Crippen LogP contribution in [0, 0.1) is 0 Å². The van der Waals surface area contributed by atoms with Crippen molar-refractivity contribution >= 4 is 10.8 Å². The van der Waals surface area contributed by atoms with E-state index in [-0.39, 0.29) is 5.54 Å². The van der Waals surface area contributed by atoms with Crippen LogP contribution in [-0.4, -0.2) is 12.1 Å². The molecule has 1 aliphatic rings. The van der Waals surface area contributed by atoms with Crippen LogP contribution in [0.3, 0.4) is 0 Å². The van der Waals surface area contributed by atoms with Gasteiger partial charge in [0.15, 0.2) is 0 Å². The Kier molecular flexibility index (Phi) is 3.15. The lowest BCUT2D eigenvalue weighted by Gasteiger charge is -2.34. The third-order valence-corrected chi connectivity index (χ3v) is 4.24. The van der Waals surface area contributed by atoms with Gasteiger partial charge < -0.3 is 10.5 Å². The Morgan fingerprint density at radius 2 is 1.95 bits per heavy atom. The smallest absolute Gasteiger partial charge is 0.221 e. The number of pyridine rings is 1. The normalized spacial score (nSPS) is 18.4. The number of fused-ring (bicyclic) bond motifs is 1. The van der Waals surface area contributed by atoms with Gasteiger partial charge in [-0.15, -0.1) is 0 Å². The third-order valence-electron chi connectivity index (χ3n) is 4.24. The molecule has 3 heteroatoms. The van der Waals surface area contributed by atoms with Crippen LogP contribution in [0.25, 0.3) is 10.8 Å². The fourth-order valence-corrected chi connectivity index (χ4v) is 3.09. The number of benzene rings is 1. The van der Waals surface area contributed by atoms with Crippen molar-refractivity contribution in [2.75, 3.05) is 7.11 Å². The maximum Gasteiger partial charge on any atom is 0.221 e. The molecule has 0 amide bonds. The van der Waals surface area contributed by atoms with Crippen LogP contribution in [-0.2, 0) is 5.54 Å². The summed E-state index contributed by atoms with van der Waals surface area (Å²) in [6.45, 7) is 0. The average Bonchev–Trinajstić information content (AvgIpc) is 2.47. The van der Waals surface area contributed by atoms with Crippen molar-refractivity contribution < 1.29 is 4.74 Å². The van der Waals surface area contributed by atoms with E-state index >= 15 is 0 Å². The third kappa shape index (κ3) is 2.19. The van der Waals surface area contributed by atoms with Crippen molar-refractivity contribution in [2.24, 2.45) is 5.73 Å². The first-order valence-electron chi connectivity index (χ1n) is 6.95. The molecule has 100 valence electrons. The van der Waals surface area contributed by atoms with Gasteiger partial charge in [0, 0.05) is 17.1 Å². The molecule has 1 heterocycles. The van der Waals surface area contributed by atoms with E-state index in [0.29, 0.717) is 5.88 Å². The van der Waals surface area contributed by atoms with Gasteiger partial charge in [0.25, 0.3) is 0 Å². The number of aromatic nitrogens is 1. The number of nitrogens with two attached hydrogens (primary N) is 1. The van der Waals surface area contributed by atoms with Crippen molar-refractivity contribution in [2.45, 2.75) is 37.6 Å². The summed E-state index contributed by atoms with van der Waals surface area (Å²) < 4.78 is 5.35. The monoisotopic (exact) mass is 256 g/mol. The Morgan fingerprint density at radius 1 is 1.16 bits per heavy atom. The molecule has 1 aromatic heterocycles. The van der Waals surface area contributed by atoms with Crippen molar-refractivity contribution in [3.05, 3.63) is 36.0 Å². The molecule has 0 saturated heterocycles. The first kappa shape index (κ1) is 12.4.